The SMILES string of the molecule is C[C@H]1C(=O)N2CCC[C@H]2CN1Cc1cc(C(C)(C)C)n[nH]1. The van der Waals surface area contributed by atoms with E-state index >= 15 is 0 Å². The molecular weight excluding hydrogens is 264 g/mol. The van der Waals surface area contributed by atoms with Gasteiger partial charge in [0, 0.05) is 36.8 Å². The number of carbonyl (C=O) groups is 1. The third-order valence-electron chi connectivity index (χ3n) is 4.78. The number of nitrogens with zero attached hydrogens (tertiary/aromatic N) is 3. The molecule has 0 radical (unpaired) electrons. The Labute approximate surface area is 126 Å². The topological polar surface area (TPSA) is 52.2 Å². The number of aromatic amines is 1. The summed E-state index contributed by atoms with van der Waals surface area (Å²) in [5.74, 6) is 0.291. The average molecular weight is 290 g/mol. The molecule has 1 aromatic heterocycles. The first-order valence-corrected chi connectivity index (χ1v) is 7.95. The van der Waals surface area contributed by atoms with Gasteiger partial charge in [-0.3, -0.25) is 14.8 Å². The molecule has 3 heterocycles. The lowest BCUT2D eigenvalue weighted by Gasteiger charge is -2.41. The second-order valence-electron chi connectivity index (χ2n) is 7.46. The van der Waals surface area contributed by atoms with Crippen molar-refractivity contribution in [2.75, 3.05) is 13.1 Å². The molecule has 0 spiro atoms. The van der Waals surface area contributed by atoms with E-state index in [4.69, 9.17) is 0 Å². The van der Waals surface area contributed by atoms with Gasteiger partial charge in [-0.1, -0.05) is 20.8 Å². The smallest absolute Gasteiger partial charge is 0.239 e. The lowest BCUT2D eigenvalue weighted by atomic mass is 9.92. The van der Waals surface area contributed by atoms with Crippen LogP contribution in [0, 0.1) is 0 Å². The summed E-state index contributed by atoms with van der Waals surface area (Å²) in [5, 5.41) is 7.55. The van der Waals surface area contributed by atoms with Gasteiger partial charge in [-0.05, 0) is 25.8 Å². The van der Waals surface area contributed by atoms with E-state index in [2.05, 4.69) is 46.8 Å². The summed E-state index contributed by atoms with van der Waals surface area (Å²) < 4.78 is 0. The molecule has 2 saturated heterocycles. The van der Waals surface area contributed by atoms with Crippen molar-refractivity contribution in [3.63, 3.8) is 0 Å². The van der Waals surface area contributed by atoms with Crippen molar-refractivity contribution in [3.8, 4) is 0 Å². The highest BCUT2D eigenvalue weighted by Gasteiger charge is 2.40. The highest BCUT2D eigenvalue weighted by atomic mass is 16.2. The first kappa shape index (κ1) is 14.6. The van der Waals surface area contributed by atoms with Crippen LogP contribution in [-0.2, 0) is 16.8 Å². The molecule has 21 heavy (non-hydrogen) atoms. The molecule has 116 valence electrons. The van der Waals surface area contributed by atoms with E-state index in [-0.39, 0.29) is 11.5 Å². The maximum Gasteiger partial charge on any atom is 0.239 e. The van der Waals surface area contributed by atoms with Crippen molar-refractivity contribution >= 4 is 5.91 Å². The van der Waals surface area contributed by atoms with Crippen molar-refractivity contribution in [3.05, 3.63) is 17.5 Å². The van der Waals surface area contributed by atoms with E-state index in [1.807, 2.05) is 6.92 Å². The summed E-state index contributed by atoms with van der Waals surface area (Å²) >= 11 is 0. The van der Waals surface area contributed by atoms with Gasteiger partial charge >= 0.3 is 0 Å². The number of fused-ring (bicyclic) bond motifs is 1. The molecular formula is C16H26N4O. The number of carbonyl (C=O) groups excluding carboxylic acids is 1. The second-order valence-corrected chi connectivity index (χ2v) is 7.46. The first-order valence-electron chi connectivity index (χ1n) is 7.95. The molecule has 2 atom stereocenters. The Morgan fingerprint density at radius 2 is 2.19 bits per heavy atom. The molecule has 0 unspecified atom stereocenters. The lowest BCUT2D eigenvalue weighted by Crippen LogP contribution is -2.58. The van der Waals surface area contributed by atoms with Gasteiger partial charge in [-0.15, -0.1) is 0 Å². The van der Waals surface area contributed by atoms with E-state index in [1.54, 1.807) is 0 Å². The minimum Gasteiger partial charge on any atom is -0.337 e. The molecule has 2 fully saturated rings. The molecule has 5 heteroatoms. The molecule has 0 aliphatic carbocycles. The largest absolute Gasteiger partial charge is 0.337 e. The summed E-state index contributed by atoms with van der Waals surface area (Å²) in [6, 6.07) is 2.53. The highest BCUT2D eigenvalue weighted by Crippen LogP contribution is 2.27. The van der Waals surface area contributed by atoms with Crippen molar-refractivity contribution in [1.82, 2.24) is 20.0 Å². The molecule has 0 aromatic carbocycles. The Bertz CT molecular complexity index is 531. The fourth-order valence-electron chi connectivity index (χ4n) is 3.39. The fraction of sp³-hybridized carbons (Fsp3) is 0.750. The molecule has 2 aliphatic heterocycles. The third-order valence-corrected chi connectivity index (χ3v) is 4.78. The molecule has 1 aromatic rings. The van der Waals surface area contributed by atoms with Crippen LogP contribution >= 0.6 is 0 Å². The predicted molar refractivity (Wildman–Crippen MR) is 81.9 cm³/mol. The summed E-state index contributed by atoms with van der Waals surface area (Å²) in [5.41, 5.74) is 2.24. The van der Waals surface area contributed by atoms with Crippen molar-refractivity contribution < 1.29 is 4.79 Å². The second kappa shape index (κ2) is 5.13. The summed E-state index contributed by atoms with van der Waals surface area (Å²) in [6.45, 7) is 11.2. The Hall–Kier alpha value is -1.36. The molecule has 0 bridgehead atoms. The van der Waals surface area contributed by atoms with Crippen LogP contribution in [0.5, 0.6) is 0 Å². The number of aromatic nitrogens is 2. The van der Waals surface area contributed by atoms with Gasteiger partial charge in [0.2, 0.25) is 5.91 Å². The van der Waals surface area contributed by atoms with Gasteiger partial charge in [0.05, 0.1) is 11.7 Å². The average Bonchev–Trinajstić information content (AvgIpc) is 3.03. The van der Waals surface area contributed by atoms with Crippen LogP contribution < -0.4 is 0 Å². The number of hydrogen-bond donors (Lipinski definition) is 1. The van der Waals surface area contributed by atoms with Crippen LogP contribution in [-0.4, -0.2) is 51.1 Å². The number of amides is 1. The van der Waals surface area contributed by atoms with Crippen LogP contribution in [0.1, 0.15) is 51.9 Å². The standard InChI is InChI=1S/C16H26N4O/c1-11-15(21)20-7-5-6-13(20)10-19(11)9-12-8-14(18-17-12)16(2,3)4/h8,11,13H,5-7,9-10H2,1-4H3,(H,17,18)/t11-,13-/m0/s1. The number of H-pyrrole nitrogens is 1. The van der Waals surface area contributed by atoms with Crippen molar-refractivity contribution in [2.24, 2.45) is 0 Å². The summed E-state index contributed by atoms with van der Waals surface area (Å²) in [7, 11) is 0. The zero-order valence-corrected chi connectivity index (χ0v) is 13.5. The molecule has 1 N–H and O–H groups in total. The van der Waals surface area contributed by atoms with Gasteiger partial charge in [-0.2, -0.15) is 5.10 Å². The fourth-order valence-corrected chi connectivity index (χ4v) is 3.39. The zero-order chi connectivity index (χ0) is 15.2. The van der Waals surface area contributed by atoms with Crippen LogP contribution in [0.25, 0.3) is 0 Å². The quantitative estimate of drug-likeness (QED) is 0.905. The Morgan fingerprint density at radius 3 is 2.86 bits per heavy atom. The van der Waals surface area contributed by atoms with Crippen LogP contribution in [0.3, 0.4) is 0 Å². The third kappa shape index (κ3) is 2.71. The van der Waals surface area contributed by atoms with E-state index in [0.29, 0.717) is 11.9 Å². The minimum atomic E-state index is -0.0271. The van der Waals surface area contributed by atoms with Crippen molar-refractivity contribution in [2.45, 2.75) is 64.6 Å². The van der Waals surface area contributed by atoms with Gasteiger partial charge in [-0.25, -0.2) is 0 Å². The maximum absolute atomic E-state index is 12.4. The molecule has 2 aliphatic rings. The summed E-state index contributed by atoms with van der Waals surface area (Å²) in [6.07, 6.45) is 2.29. The number of hydrogen-bond acceptors (Lipinski definition) is 3. The maximum atomic E-state index is 12.4. The van der Waals surface area contributed by atoms with Crippen molar-refractivity contribution in [1.29, 1.82) is 0 Å². The number of piperazine rings is 1. The van der Waals surface area contributed by atoms with Gasteiger partial charge in [0.15, 0.2) is 0 Å². The van der Waals surface area contributed by atoms with Gasteiger partial charge in [0.1, 0.15) is 0 Å². The number of rotatable bonds is 2. The zero-order valence-electron chi connectivity index (χ0n) is 13.5. The molecule has 5 nitrogen and oxygen atoms in total. The molecule has 1 amide bonds. The van der Waals surface area contributed by atoms with Gasteiger partial charge in [0.25, 0.3) is 0 Å². The van der Waals surface area contributed by atoms with Crippen LogP contribution in [0.2, 0.25) is 0 Å². The van der Waals surface area contributed by atoms with E-state index in [9.17, 15) is 4.79 Å². The van der Waals surface area contributed by atoms with E-state index in [0.717, 1.165) is 43.9 Å². The van der Waals surface area contributed by atoms with E-state index in [1.165, 1.54) is 0 Å². The highest BCUT2D eigenvalue weighted by molar-refractivity contribution is 5.83. The Morgan fingerprint density at radius 1 is 1.43 bits per heavy atom. The normalized spacial score (nSPS) is 27.2. The van der Waals surface area contributed by atoms with Crippen LogP contribution in [0.4, 0.5) is 0 Å². The predicted octanol–water partition coefficient (Wildman–Crippen LogP) is 1.90. The first-order chi connectivity index (χ1) is 9.86. The molecule has 0 saturated carbocycles. The number of nitrogens with one attached hydrogen (secondary N) is 1. The minimum absolute atomic E-state index is 0.0271. The monoisotopic (exact) mass is 290 g/mol. The Balaban J connectivity index is 1.72. The van der Waals surface area contributed by atoms with E-state index < -0.39 is 0 Å². The van der Waals surface area contributed by atoms with Gasteiger partial charge < -0.3 is 4.90 Å². The molecule has 3 rings (SSSR count). The van der Waals surface area contributed by atoms with Crippen LogP contribution in [0.15, 0.2) is 6.07 Å². The lowest BCUT2D eigenvalue weighted by molar-refractivity contribution is -0.143. The summed E-state index contributed by atoms with van der Waals surface area (Å²) in [4.78, 5) is 16.8. The Kier molecular flexibility index (Phi) is 3.56.